The first-order valence-electron chi connectivity index (χ1n) is 5.50. The van der Waals surface area contributed by atoms with Gasteiger partial charge in [-0.25, -0.2) is 0 Å². The third-order valence-corrected chi connectivity index (χ3v) is 2.06. The lowest BCUT2D eigenvalue weighted by molar-refractivity contribution is -0.0588. The summed E-state index contributed by atoms with van der Waals surface area (Å²) >= 11 is 0. The van der Waals surface area contributed by atoms with Crippen LogP contribution in [0, 0.1) is 0 Å². The van der Waals surface area contributed by atoms with E-state index in [2.05, 4.69) is 0 Å². The minimum atomic E-state index is -0.841. The third kappa shape index (κ3) is 6.73. The van der Waals surface area contributed by atoms with Gasteiger partial charge in [-0.15, -0.1) is 0 Å². The molecule has 0 fully saturated rings. The Labute approximate surface area is 101 Å². The van der Waals surface area contributed by atoms with Crippen molar-refractivity contribution in [2.45, 2.75) is 12.5 Å². The summed E-state index contributed by atoms with van der Waals surface area (Å²) in [5.74, 6) is 0. The van der Waals surface area contributed by atoms with Crippen molar-refractivity contribution in [2.75, 3.05) is 20.0 Å². The maximum absolute atomic E-state index is 8.96. The van der Waals surface area contributed by atoms with E-state index in [-0.39, 0.29) is 20.0 Å². The Kier molecular flexibility index (Phi) is 7.06. The summed E-state index contributed by atoms with van der Waals surface area (Å²) < 4.78 is 10.0. The van der Waals surface area contributed by atoms with Crippen LogP contribution in [0.4, 0.5) is 0 Å². The summed E-state index contributed by atoms with van der Waals surface area (Å²) in [6, 6.07) is 10.0. The first-order valence-corrected chi connectivity index (χ1v) is 5.50. The molecule has 17 heavy (non-hydrogen) atoms. The van der Waals surface area contributed by atoms with Crippen molar-refractivity contribution in [3.63, 3.8) is 0 Å². The molecule has 0 heterocycles. The predicted octanol–water partition coefficient (Wildman–Crippen LogP) is 1.09. The summed E-state index contributed by atoms with van der Waals surface area (Å²) in [6.45, 7) is -0.158. The molecule has 1 aromatic carbocycles. The highest BCUT2D eigenvalue weighted by Gasteiger charge is 1.99. The van der Waals surface area contributed by atoms with Gasteiger partial charge < -0.3 is 19.7 Å². The number of hydrogen-bond donors (Lipinski definition) is 2. The van der Waals surface area contributed by atoms with E-state index in [4.69, 9.17) is 19.7 Å². The van der Waals surface area contributed by atoms with Gasteiger partial charge in [-0.2, -0.15) is 0 Å². The smallest absolute Gasteiger partial charge is 0.188 e. The highest BCUT2D eigenvalue weighted by molar-refractivity contribution is 5.16. The SMILES string of the molecule is OCC(O)COCOC=CCc1ccccc1. The molecule has 1 unspecified atom stereocenters. The number of hydrogen-bond acceptors (Lipinski definition) is 4. The molecule has 0 aromatic heterocycles. The average Bonchev–Trinajstić information content (AvgIpc) is 2.38. The van der Waals surface area contributed by atoms with E-state index < -0.39 is 6.10 Å². The van der Waals surface area contributed by atoms with E-state index in [9.17, 15) is 0 Å². The number of aliphatic hydroxyl groups is 2. The number of allylic oxidation sites excluding steroid dienone is 1. The molecule has 0 saturated heterocycles. The Morgan fingerprint density at radius 2 is 2.00 bits per heavy atom. The fourth-order valence-electron chi connectivity index (χ4n) is 1.19. The Morgan fingerprint density at radius 1 is 1.24 bits per heavy atom. The lowest BCUT2D eigenvalue weighted by Gasteiger charge is -2.07. The Balaban J connectivity index is 2.03. The van der Waals surface area contributed by atoms with Crippen molar-refractivity contribution >= 4 is 0 Å². The first-order chi connectivity index (χ1) is 8.33. The molecule has 0 aliphatic rings. The van der Waals surface area contributed by atoms with Crippen molar-refractivity contribution in [1.29, 1.82) is 0 Å². The molecule has 0 aliphatic carbocycles. The Morgan fingerprint density at radius 3 is 2.71 bits per heavy atom. The predicted molar refractivity (Wildman–Crippen MR) is 64.3 cm³/mol. The van der Waals surface area contributed by atoms with Gasteiger partial charge in [-0.1, -0.05) is 30.3 Å². The van der Waals surface area contributed by atoms with Crippen molar-refractivity contribution < 1.29 is 19.7 Å². The summed E-state index contributed by atoms with van der Waals surface area (Å²) in [5.41, 5.74) is 1.21. The number of ether oxygens (including phenoxy) is 2. The molecule has 1 rings (SSSR count). The summed E-state index contributed by atoms with van der Waals surface area (Å²) in [7, 11) is 0. The fourth-order valence-corrected chi connectivity index (χ4v) is 1.19. The minimum absolute atomic E-state index is 0.0718. The molecular formula is C13H18O4. The lowest BCUT2D eigenvalue weighted by atomic mass is 10.2. The van der Waals surface area contributed by atoms with Gasteiger partial charge in [0.15, 0.2) is 6.79 Å². The van der Waals surface area contributed by atoms with Crippen LogP contribution in [0.1, 0.15) is 5.56 Å². The third-order valence-electron chi connectivity index (χ3n) is 2.06. The van der Waals surface area contributed by atoms with E-state index in [1.807, 2.05) is 36.4 Å². The molecule has 1 atom stereocenters. The molecule has 0 amide bonds. The van der Waals surface area contributed by atoms with Crippen LogP contribution < -0.4 is 0 Å². The van der Waals surface area contributed by atoms with Gasteiger partial charge >= 0.3 is 0 Å². The zero-order valence-electron chi connectivity index (χ0n) is 9.66. The topological polar surface area (TPSA) is 58.9 Å². The van der Waals surface area contributed by atoms with Crippen molar-refractivity contribution in [3.05, 3.63) is 48.2 Å². The van der Waals surface area contributed by atoms with Crippen LogP contribution in [0.3, 0.4) is 0 Å². The maximum atomic E-state index is 8.96. The lowest BCUT2D eigenvalue weighted by Crippen LogP contribution is -2.19. The summed E-state index contributed by atoms with van der Waals surface area (Å²) in [6.07, 6.45) is 3.42. The van der Waals surface area contributed by atoms with Crippen LogP contribution in [0.5, 0.6) is 0 Å². The Bertz CT molecular complexity index is 310. The van der Waals surface area contributed by atoms with E-state index >= 15 is 0 Å². The highest BCUT2D eigenvalue weighted by Crippen LogP contribution is 2.00. The summed E-state index contributed by atoms with van der Waals surface area (Å²) in [5, 5.41) is 17.5. The van der Waals surface area contributed by atoms with Crippen molar-refractivity contribution in [1.82, 2.24) is 0 Å². The van der Waals surface area contributed by atoms with Crippen molar-refractivity contribution in [3.8, 4) is 0 Å². The second kappa shape index (κ2) is 8.75. The van der Waals surface area contributed by atoms with E-state index in [1.165, 1.54) is 5.56 Å². The second-order valence-electron chi connectivity index (χ2n) is 3.55. The van der Waals surface area contributed by atoms with Crippen LogP contribution in [-0.2, 0) is 15.9 Å². The molecule has 4 heteroatoms. The number of rotatable bonds is 8. The summed E-state index contributed by atoms with van der Waals surface area (Å²) in [4.78, 5) is 0. The molecular weight excluding hydrogens is 220 g/mol. The fraction of sp³-hybridized carbons (Fsp3) is 0.385. The zero-order valence-corrected chi connectivity index (χ0v) is 9.66. The molecule has 0 aliphatic heterocycles. The van der Waals surface area contributed by atoms with E-state index in [0.717, 1.165) is 6.42 Å². The number of aliphatic hydroxyl groups excluding tert-OH is 2. The Hall–Kier alpha value is -1.36. The molecule has 0 radical (unpaired) electrons. The van der Waals surface area contributed by atoms with Crippen LogP contribution in [-0.4, -0.2) is 36.3 Å². The molecule has 0 bridgehead atoms. The molecule has 0 saturated carbocycles. The molecule has 4 nitrogen and oxygen atoms in total. The molecule has 2 N–H and O–H groups in total. The van der Waals surface area contributed by atoms with E-state index in [0.29, 0.717) is 0 Å². The minimum Gasteiger partial charge on any atom is -0.475 e. The van der Waals surface area contributed by atoms with Gasteiger partial charge in [-0.3, -0.25) is 0 Å². The first kappa shape index (κ1) is 13.7. The van der Waals surface area contributed by atoms with Crippen LogP contribution in [0.25, 0.3) is 0 Å². The van der Waals surface area contributed by atoms with Gasteiger partial charge in [0, 0.05) is 0 Å². The standard InChI is InChI=1S/C13H18O4/c14-9-13(15)10-17-11-16-8-4-7-12-5-2-1-3-6-12/h1-6,8,13-15H,7,9-11H2. The normalized spacial score (nSPS) is 12.8. The second-order valence-corrected chi connectivity index (χ2v) is 3.55. The highest BCUT2D eigenvalue weighted by atomic mass is 16.7. The quantitative estimate of drug-likeness (QED) is 0.404. The zero-order chi connectivity index (χ0) is 12.3. The van der Waals surface area contributed by atoms with Gasteiger partial charge in [0.25, 0.3) is 0 Å². The molecule has 1 aromatic rings. The molecule has 0 spiro atoms. The average molecular weight is 238 g/mol. The van der Waals surface area contributed by atoms with Gasteiger partial charge in [0.05, 0.1) is 19.5 Å². The van der Waals surface area contributed by atoms with Crippen LogP contribution >= 0.6 is 0 Å². The van der Waals surface area contributed by atoms with Gasteiger partial charge in [0.2, 0.25) is 0 Å². The van der Waals surface area contributed by atoms with E-state index in [1.54, 1.807) is 6.26 Å². The van der Waals surface area contributed by atoms with Crippen molar-refractivity contribution in [2.24, 2.45) is 0 Å². The van der Waals surface area contributed by atoms with Crippen LogP contribution in [0.2, 0.25) is 0 Å². The van der Waals surface area contributed by atoms with Gasteiger partial charge in [0.1, 0.15) is 6.10 Å². The monoisotopic (exact) mass is 238 g/mol. The van der Waals surface area contributed by atoms with Gasteiger partial charge in [-0.05, 0) is 18.1 Å². The molecule has 94 valence electrons. The number of benzene rings is 1. The maximum Gasteiger partial charge on any atom is 0.188 e. The van der Waals surface area contributed by atoms with Crippen LogP contribution in [0.15, 0.2) is 42.7 Å². The largest absolute Gasteiger partial charge is 0.475 e.